The lowest BCUT2D eigenvalue weighted by Crippen LogP contribution is -2.44. The normalized spacial score (nSPS) is 18.3. The zero-order valence-electron chi connectivity index (χ0n) is 12.1. The van der Waals surface area contributed by atoms with Crippen molar-refractivity contribution >= 4 is 17.7 Å². The minimum Gasteiger partial charge on any atom is -0.481 e. The molecule has 0 bridgehead atoms. The van der Waals surface area contributed by atoms with E-state index in [0.29, 0.717) is 13.0 Å². The minimum absolute atomic E-state index is 0.234. The van der Waals surface area contributed by atoms with Gasteiger partial charge in [-0.15, -0.1) is 0 Å². The van der Waals surface area contributed by atoms with E-state index in [4.69, 9.17) is 5.11 Å². The molecule has 1 unspecified atom stereocenters. The first kappa shape index (κ1) is 15.3. The second-order valence-electron chi connectivity index (χ2n) is 5.28. The number of anilines is 1. The van der Waals surface area contributed by atoms with Gasteiger partial charge in [-0.05, 0) is 37.6 Å². The Morgan fingerprint density at radius 3 is 2.95 bits per heavy atom. The van der Waals surface area contributed by atoms with Gasteiger partial charge in [-0.3, -0.25) is 4.79 Å². The van der Waals surface area contributed by atoms with E-state index < -0.39 is 11.9 Å². The molecule has 0 saturated carbocycles. The molecule has 1 aliphatic heterocycles. The average molecular weight is 291 g/mol. The third-order valence-corrected chi connectivity index (χ3v) is 3.62. The Morgan fingerprint density at radius 2 is 2.24 bits per heavy atom. The largest absolute Gasteiger partial charge is 0.481 e. The summed E-state index contributed by atoms with van der Waals surface area (Å²) >= 11 is 0. The van der Waals surface area contributed by atoms with E-state index in [-0.39, 0.29) is 12.6 Å². The lowest BCUT2D eigenvalue weighted by Gasteiger charge is -2.30. The van der Waals surface area contributed by atoms with Crippen LogP contribution in [0.1, 0.15) is 18.4 Å². The summed E-state index contributed by atoms with van der Waals surface area (Å²) in [5.74, 6) is -1.29. The first-order valence-electron chi connectivity index (χ1n) is 7.12. The first-order valence-corrected chi connectivity index (χ1v) is 7.12. The van der Waals surface area contributed by atoms with Crippen LogP contribution in [0.4, 0.5) is 10.5 Å². The van der Waals surface area contributed by atoms with Crippen LogP contribution >= 0.6 is 0 Å². The number of aliphatic carboxylic acids is 1. The standard InChI is InChI=1S/C15H21N3O3/c1-16-9-11-4-2-6-13(8-11)17-15(21)18-7-3-5-12(10-18)14(19)20/h2,4,6,8,12,16H,3,5,7,9-10H2,1H3,(H,17,21)(H,19,20). The predicted molar refractivity (Wildman–Crippen MR) is 80.2 cm³/mol. The van der Waals surface area contributed by atoms with Gasteiger partial charge in [0, 0.05) is 25.3 Å². The molecule has 2 amide bonds. The van der Waals surface area contributed by atoms with Gasteiger partial charge in [0.1, 0.15) is 0 Å². The molecule has 0 radical (unpaired) electrons. The lowest BCUT2D eigenvalue weighted by atomic mass is 9.99. The summed E-state index contributed by atoms with van der Waals surface area (Å²) in [5.41, 5.74) is 1.81. The zero-order chi connectivity index (χ0) is 15.2. The maximum absolute atomic E-state index is 12.2. The third-order valence-electron chi connectivity index (χ3n) is 3.62. The zero-order valence-corrected chi connectivity index (χ0v) is 12.1. The van der Waals surface area contributed by atoms with Crippen LogP contribution in [0.5, 0.6) is 0 Å². The van der Waals surface area contributed by atoms with Gasteiger partial charge >= 0.3 is 12.0 Å². The molecule has 0 aliphatic carbocycles. The maximum atomic E-state index is 12.2. The molecule has 6 heteroatoms. The van der Waals surface area contributed by atoms with Crippen LogP contribution in [0.3, 0.4) is 0 Å². The Labute approximate surface area is 124 Å². The number of amides is 2. The minimum atomic E-state index is -0.830. The Hall–Kier alpha value is -2.08. The van der Waals surface area contributed by atoms with E-state index in [1.807, 2.05) is 31.3 Å². The monoisotopic (exact) mass is 291 g/mol. The molecule has 1 fully saturated rings. The summed E-state index contributed by atoms with van der Waals surface area (Å²) in [7, 11) is 1.87. The van der Waals surface area contributed by atoms with Crippen molar-refractivity contribution in [1.82, 2.24) is 10.2 Å². The number of piperidine rings is 1. The Kier molecular flexibility index (Phi) is 5.16. The number of carbonyl (C=O) groups is 2. The van der Waals surface area contributed by atoms with Gasteiger partial charge in [0.25, 0.3) is 0 Å². The SMILES string of the molecule is CNCc1cccc(NC(=O)N2CCCC(C(=O)O)C2)c1. The number of benzene rings is 1. The van der Waals surface area contributed by atoms with Crippen molar-refractivity contribution in [1.29, 1.82) is 0 Å². The number of likely N-dealkylation sites (tertiary alicyclic amines) is 1. The summed E-state index contributed by atoms with van der Waals surface area (Å²) in [4.78, 5) is 24.8. The molecule has 0 aromatic heterocycles. The number of nitrogens with zero attached hydrogens (tertiary/aromatic N) is 1. The molecular weight excluding hydrogens is 270 g/mol. The van der Waals surface area contributed by atoms with Crippen LogP contribution in [0.15, 0.2) is 24.3 Å². The fourth-order valence-electron chi connectivity index (χ4n) is 2.53. The van der Waals surface area contributed by atoms with Gasteiger partial charge in [-0.1, -0.05) is 12.1 Å². The van der Waals surface area contributed by atoms with Gasteiger partial charge in [0.2, 0.25) is 0 Å². The van der Waals surface area contributed by atoms with Crippen LogP contribution in [0.2, 0.25) is 0 Å². The predicted octanol–water partition coefficient (Wildman–Crippen LogP) is 1.73. The Bertz CT molecular complexity index is 519. The fourth-order valence-corrected chi connectivity index (χ4v) is 2.53. The summed E-state index contributed by atoms with van der Waals surface area (Å²) in [5, 5.41) is 15.0. The highest BCUT2D eigenvalue weighted by Crippen LogP contribution is 2.18. The number of nitrogens with one attached hydrogen (secondary N) is 2. The lowest BCUT2D eigenvalue weighted by molar-refractivity contribution is -0.143. The highest BCUT2D eigenvalue weighted by Gasteiger charge is 2.28. The summed E-state index contributed by atoms with van der Waals surface area (Å²) in [6.07, 6.45) is 1.36. The molecule has 1 aromatic rings. The molecule has 1 aliphatic rings. The quantitative estimate of drug-likeness (QED) is 0.789. The number of carboxylic acids is 1. The number of hydrogen-bond donors (Lipinski definition) is 3. The van der Waals surface area contributed by atoms with E-state index in [0.717, 1.165) is 24.2 Å². The second-order valence-corrected chi connectivity index (χ2v) is 5.28. The highest BCUT2D eigenvalue weighted by molar-refractivity contribution is 5.89. The fraction of sp³-hybridized carbons (Fsp3) is 0.467. The van der Waals surface area contributed by atoms with Gasteiger partial charge < -0.3 is 20.6 Å². The summed E-state index contributed by atoms with van der Waals surface area (Å²) in [6, 6.07) is 7.37. The van der Waals surface area contributed by atoms with E-state index in [1.165, 1.54) is 0 Å². The van der Waals surface area contributed by atoms with Crippen LogP contribution in [-0.2, 0) is 11.3 Å². The van der Waals surface area contributed by atoms with Crippen LogP contribution < -0.4 is 10.6 Å². The van der Waals surface area contributed by atoms with Crippen molar-refractivity contribution in [2.24, 2.45) is 5.92 Å². The van der Waals surface area contributed by atoms with Crippen molar-refractivity contribution in [2.45, 2.75) is 19.4 Å². The molecule has 1 aromatic carbocycles. The van der Waals surface area contributed by atoms with E-state index >= 15 is 0 Å². The highest BCUT2D eigenvalue weighted by atomic mass is 16.4. The van der Waals surface area contributed by atoms with Gasteiger partial charge in [0.05, 0.1) is 5.92 Å². The van der Waals surface area contributed by atoms with Crippen molar-refractivity contribution in [3.63, 3.8) is 0 Å². The summed E-state index contributed by atoms with van der Waals surface area (Å²) < 4.78 is 0. The first-order chi connectivity index (χ1) is 10.1. The Morgan fingerprint density at radius 1 is 1.43 bits per heavy atom. The number of hydrogen-bond acceptors (Lipinski definition) is 3. The molecule has 1 saturated heterocycles. The van der Waals surface area contributed by atoms with Crippen molar-refractivity contribution in [2.75, 3.05) is 25.5 Å². The molecular formula is C15H21N3O3. The number of carboxylic acid groups (broad SMARTS) is 1. The average Bonchev–Trinajstić information content (AvgIpc) is 2.48. The molecule has 6 nitrogen and oxygen atoms in total. The smallest absolute Gasteiger partial charge is 0.321 e. The van der Waals surface area contributed by atoms with Gasteiger partial charge in [-0.25, -0.2) is 4.79 Å². The molecule has 0 spiro atoms. The van der Waals surface area contributed by atoms with Crippen molar-refractivity contribution < 1.29 is 14.7 Å². The van der Waals surface area contributed by atoms with Crippen molar-refractivity contribution in [3.05, 3.63) is 29.8 Å². The van der Waals surface area contributed by atoms with Crippen LogP contribution in [0, 0.1) is 5.92 Å². The second kappa shape index (κ2) is 7.08. The summed E-state index contributed by atoms with van der Waals surface area (Å²) in [6.45, 7) is 1.61. The van der Waals surface area contributed by atoms with E-state index in [9.17, 15) is 9.59 Å². The topological polar surface area (TPSA) is 81.7 Å². The molecule has 2 rings (SSSR count). The van der Waals surface area contributed by atoms with Crippen molar-refractivity contribution in [3.8, 4) is 0 Å². The Balaban J connectivity index is 1.97. The van der Waals surface area contributed by atoms with Crippen LogP contribution in [-0.4, -0.2) is 42.1 Å². The molecule has 114 valence electrons. The maximum Gasteiger partial charge on any atom is 0.321 e. The molecule has 1 heterocycles. The number of carbonyl (C=O) groups excluding carboxylic acids is 1. The van der Waals surface area contributed by atoms with Crippen LogP contribution in [0.25, 0.3) is 0 Å². The third kappa shape index (κ3) is 4.19. The van der Waals surface area contributed by atoms with Gasteiger partial charge in [0.15, 0.2) is 0 Å². The number of rotatable bonds is 4. The van der Waals surface area contributed by atoms with E-state index in [1.54, 1.807) is 4.90 Å². The van der Waals surface area contributed by atoms with E-state index in [2.05, 4.69) is 10.6 Å². The molecule has 1 atom stereocenters. The molecule has 3 N–H and O–H groups in total. The molecule has 21 heavy (non-hydrogen) atoms. The van der Waals surface area contributed by atoms with Gasteiger partial charge in [-0.2, -0.15) is 0 Å². The number of urea groups is 1.